The molecule has 0 amide bonds. The van der Waals surface area contributed by atoms with Crippen LogP contribution < -0.4 is 4.74 Å². The first kappa shape index (κ1) is 15.7. The van der Waals surface area contributed by atoms with Gasteiger partial charge in [0, 0.05) is 5.56 Å². The van der Waals surface area contributed by atoms with E-state index in [4.69, 9.17) is 9.16 Å². The first-order valence-corrected chi connectivity index (χ1v) is 9.61. The number of methoxy groups -OCH3 is 1. The summed E-state index contributed by atoms with van der Waals surface area (Å²) in [5.41, 5.74) is 0.0893. The number of rotatable bonds is 3. The SMILES string of the molecule is COc1ccc(C#CC(C)(C)O[Si](C)(C)C)cc1F. The van der Waals surface area contributed by atoms with Gasteiger partial charge in [-0.3, -0.25) is 0 Å². The predicted molar refractivity (Wildman–Crippen MR) is 78.3 cm³/mol. The van der Waals surface area contributed by atoms with E-state index in [9.17, 15) is 4.39 Å². The minimum absolute atomic E-state index is 0.225. The lowest BCUT2D eigenvalue weighted by Gasteiger charge is -2.28. The van der Waals surface area contributed by atoms with Crippen LogP contribution in [0, 0.1) is 17.7 Å². The summed E-state index contributed by atoms with van der Waals surface area (Å²) < 4.78 is 24.4. The molecular weight excluding hydrogens is 259 g/mol. The van der Waals surface area contributed by atoms with Gasteiger partial charge >= 0.3 is 0 Å². The predicted octanol–water partition coefficient (Wildman–Crippen LogP) is 3.82. The number of halogens is 1. The Morgan fingerprint density at radius 2 is 1.84 bits per heavy atom. The molecule has 0 N–H and O–H groups in total. The molecule has 19 heavy (non-hydrogen) atoms. The lowest BCUT2D eigenvalue weighted by molar-refractivity contribution is 0.164. The van der Waals surface area contributed by atoms with E-state index in [0.29, 0.717) is 5.56 Å². The third-order valence-electron chi connectivity index (χ3n) is 2.22. The largest absolute Gasteiger partial charge is 0.494 e. The molecule has 0 fully saturated rings. The second-order valence-corrected chi connectivity index (χ2v) is 10.3. The lowest BCUT2D eigenvalue weighted by atomic mass is 10.1. The molecule has 1 rings (SSSR count). The van der Waals surface area contributed by atoms with E-state index in [2.05, 4.69) is 31.5 Å². The van der Waals surface area contributed by atoms with Crippen molar-refractivity contribution in [2.45, 2.75) is 39.1 Å². The van der Waals surface area contributed by atoms with E-state index in [1.54, 1.807) is 12.1 Å². The van der Waals surface area contributed by atoms with E-state index >= 15 is 0 Å². The highest BCUT2D eigenvalue weighted by atomic mass is 28.4. The molecular formula is C15H21FO2Si. The summed E-state index contributed by atoms with van der Waals surface area (Å²) in [5.74, 6) is 5.82. The molecule has 2 nitrogen and oxygen atoms in total. The zero-order valence-electron chi connectivity index (χ0n) is 12.4. The Hall–Kier alpha value is -1.31. The quantitative estimate of drug-likeness (QED) is 0.619. The molecule has 0 heterocycles. The minimum Gasteiger partial charge on any atom is -0.494 e. The van der Waals surface area contributed by atoms with Crippen LogP contribution in [0.1, 0.15) is 19.4 Å². The highest BCUT2D eigenvalue weighted by Crippen LogP contribution is 2.19. The van der Waals surface area contributed by atoms with Crippen LogP contribution in [0.25, 0.3) is 0 Å². The summed E-state index contributed by atoms with van der Waals surface area (Å²) in [6, 6.07) is 4.68. The Kier molecular flexibility index (Phi) is 4.78. The van der Waals surface area contributed by atoms with Crippen molar-refractivity contribution in [2.24, 2.45) is 0 Å². The van der Waals surface area contributed by atoms with Gasteiger partial charge in [0.05, 0.1) is 7.11 Å². The van der Waals surface area contributed by atoms with Crippen molar-refractivity contribution in [1.82, 2.24) is 0 Å². The summed E-state index contributed by atoms with van der Waals surface area (Å²) in [4.78, 5) is 0. The highest BCUT2D eigenvalue weighted by molar-refractivity contribution is 6.69. The molecule has 0 aliphatic rings. The molecule has 4 heteroatoms. The van der Waals surface area contributed by atoms with Crippen molar-refractivity contribution in [3.8, 4) is 17.6 Å². The maximum absolute atomic E-state index is 13.5. The molecule has 0 bridgehead atoms. The van der Waals surface area contributed by atoms with Crippen LogP contribution in [-0.2, 0) is 4.43 Å². The van der Waals surface area contributed by atoms with Gasteiger partial charge in [-0.25, -0.2) is 4.39 Å². The molecule has 1 aromatic carbocycles. The molecule has 0 spiro atoms. The molecule has 0 saturated carbocycles. The van der Waals surface area contributed by atoms with Gasteiger partial charge < -0.3 is 9.16 Å². The minimum atomic E-state index is -1.65. The smallest absolute Gasteiger partial charge is 0.185 e. The maximum Gasteiger partial charge on any atom is 0.185 e. The lowest BCUT2D eigenvalue weighted by Crippen LogP contribution is -2.37. The Bertz CT molecular complexity index is 507. The van der Waals surface area contributed by atoms with E-state index in [1.165, 1.54) is 13.2 Å². The fourth-order valence-electron chi connectivity index (χ4n) is 1.76. The van der Waals surface area contributed by atoms with Gasteiger partial charge in [0.25, 0.3) is 0 Å². The van der Waals surface area contributed by atoms with Gasteiger partial charge in [-0.15, -0.1) is 0 Å². The van der Waals surface area contributed by atoms with Crippen LogP contribution >= 0.6 is 0 Å². The van der Waals surface area contributed by atoms with Crippen LogP contribution in [0.5, 0.6) is 5.75 Å². The van der Waals surface area contributed by atoms with Crippen molar-refractivity contribution in [1.29, 1.82) is 0 Å². The first-order chi connectivity index (χ1) is 8.63. The van der Waals surface area contributed by atoms with Gasteiger partial charge in [-0.2, -0.15) is 0 Å². The standard InChI is InChI=1S/C15H21FO2Si/c1-15(2,18-19(4,5)6)10-9-12-7-8-14(17-3)13(16)11-12/h7-8,11H,1-6H3. The van der Waals surface area contributed by atoms with E-state index < -0.39 is 19.7 Å². The molecule has 0 aromatic heterocycles. The van der Waals surface area contributed by atoms with Gasteiger partial charge in [0.1, 0.15) is 5.60 Å². The first-order valence-electron chi connectivity index (χ1n) is 6.20. The van der Waals surface area contributed by atoms with Crippen molar-refractivity contribution in [3.05, 3.63) is 29.6 Å². The average Bonchev–Trinajstić information content (AvgIpc) is 2.23. The molecule has 0 atom stereocenters. The summed E-state index contributed by atoms with van der Waals surface area (Å²) in [6.45, 7) is 10.2. The highest BCUT2D eigenvalue weighted by Gasteiger charge is 2.25. The maximum atomic E-state index is 13.5. The van der Waals surface area contributed by atoms with Gasteiger partial charge in [0.2, 0.25) is 0 Å². The number of hydrogen-bond donors (Lipinski definition) is 0. The topological polar surface area (TPSA) is 18.5 Å². The van der Waals surface area contributed by atoms with Crippen LogP contribution in [-0.4, -0.2) is 21.0 Å². The van der Waals surface area contributed by atoms with Gasteiger partial charge in [-0.05, 0) is 51.7 Å². The third-order valence-corrected chi connectivity index (χ3v) is 3.34. The van der Waals surface area contributed by atoms with Crippen molar-refractivity contribution in [2.75, 3.05) is 7.11 Å². The monoisotopic (exact) mass is 280 g/mol. The Morgan fingerprint density at radius 3 is 2.32 bits per heavy atom. The summed E-state index contributed by atoms with van der Waals surface area (Å²) >= 11 is 0. The van der Waals surface area contributed by atoms with Gasteiger partial charge in [-0.1, -0.05) is 11.8 Å². The second kappa shape index (κ2) is 5.77. The van der Waals surface area contributed by atoms with E-state index in [-0.39, 0.29) is 5.75 Å². The molecule has 0 saturated heterocycles. The van der Waals surface area contributed by atoms with Gasteiger partial charge in [0.15, 0.2) is 19.9 Å². The van der Waals surface area contributed by atoms with Crippen molar-refractivity contribution < 1.29 is 13.6 Å². The van der Waals surface area contributed by atoms with Crippen LogP contribution in [0.15, 0.2) is 18.2 Å². The molecule has 1 aromatic rings. The van der Waals surface area contributed by atoms with Crippen molar-refractivity contribution >= 4 is 8.32 Å². The molecule has 0 aliphatic carbocycles. The average molecular weight is 280 g/mol. The van der Waals surface area contributed by atoms with E-state index in [0.717, 1.165) is 0 Å². The number of hydrogen-bond acceptors (Lipinski definition) is 2. The molecule has 0 aliphatic heterocycles. The zero-order valence-corrected chi connectivity index (χ0v) is 13.4. The van der Waals surface area contributed by atoms with Crippen molar-refractivity contribution in [3.63, 3.8) is 0 Å². The van der Waals surface area contributed by atoms with Crippen LogP contribution in [0.3, 0.4) is 0 Å². The Balaban J connectivity index is 2.91. The summed E-state index contributed by atoms with van der Waals surface area (Å²) in [5, 5.41) is 0. The molecule has 0 unspecified atom stereocenters. The fourth-order valence-corrected chi connectivity index (χ4v) is 3.34. The van der Waals surface area contributed by atoms with E-state index in [1.807, 2.05) is 13.8 Å². The second-order valence-electron chi connectivity index (χ2n) is 5.82. The third kappa shape index (κ3) is 5.46. The fraction of sp³-hybridized carbons (Fsp3) is 0.467. The molecule has 0 radical (unpaired) electrons. The number of benzene rings is 1. The van der Waals surface area contributed by atoms with Crippen LogP contribution in [0.2, 0.25) is 19.6 Å². The Labute approximate surface area is 116 Å². The number of ether oxygens (including phenoxy) is 1. The van der Waals surface area contributed by atoms with Crippen LogP contribution in [0.4, 0.5) is 4.39 Å². The Morgan fingerprint density at radius 1 is 1.21 bits per heavy atom. The summed E-state index contributed by atoms with van der Waals surface area (Å²) in [7, 11) is -0.214. The molecule has 104 valence electrons. The summed E-state index contributed by atoms with van der Waals surface area (Å²) in [6.07, 6.45) is 0. The normalized spacial score (nSPS) is 11.7. The zero-order chi connectivity index (χ0) is 14.7.